The number of piperidine rings is 1. The lowest BCUT2D eigenvalue weighted by atomic mass is 9.66. The highest BCUT2D eigenvalue weighted by atomic mass is 16.5. The topological polar surface area (TPSA) is 71.0 Å². The first-order valence-electron chi connectivity index (χ1n) is 9.66. The predicted molar refractivity (Wildman–Crippen MR) is 98.1 cm³/mol. The standard InChI is InChI=1S/C20H28N2O4/c1-2-14-4-3-5-16(10-14)21-19(23)22-11-15-12-26-9-7-20(15,24)17-13-25-8-6-18(17)22/h3-5,10,15,17-18,24H,2,6-9,11-13H2,1H3,(H,21,23)/t15-,17+,18-,20-/m1/s1. The molecule has 2 N–H and O–H groups in total. The molecule has 3 aliphatic rings. The first kappa shape index (κ1) is 17.8. The third-order valence-corrected chi connectivity index (χ3v) is 6.30. The van der Waals surface area contributed by atoms with E-state index in [1.165, 1.54) is 5.56 Å². The van der Waals surface area contributed by atoms with Crippen LogP contribution in [-0.4, -0.2) is 60.7 Å². The van der Waals surface area contributed by atoms with E-state index in [-0.39, 0.29) is 23.9 Å². The minimum atomic E-state index is -0.789. The molecular weight excluding hydrogens is 332 g/mol. The molecule has 0 unspecified atom stereocenters. The molecule has 0 radical (unpaired) electrons. The highest BCUT2D eigenvalue weighted by molar-refractivity contribution is 5.89. The SMILES string of the molecule is CCc1cccc(NC(=O)N2C[C@@H]3COCC[C@]3(O)[C@H]3COCC[C@H]32)c1. The Balaban J connectivity index is 1.55. The fourth-order valence-corrected chi connectivity index (χ4v) is 4.76. The van der Waals surface area contributed by atoms with Gasteiger partial charge in [0.05, 0.1) is 18.8 Å². The van der Waals surface area contributed by atoms with E-state index in [1.54, 1.807) is 0 Å². The van der Waals surface area contributed by atoms with Gasteiger partial charge in [-0.2, -0.15) is 0 Å². The summed E-state index contributed by atoms with van der Waals surface area (Å²) in [6, 6.07) is 7.88. The van der Waals surface area contributed by atoms with Crippen LogP contribution in [0.4, 0.5) is 10.5 Å². The number of carbonyl (C=O) groups is 1. The predicted octanol–water partition coefficient (Wildman–Crippen LogP) is 2.27. The van der Waals surface area contributed by atoms with Crippen molar-refractivity contribution in [2.24, 2.45) is 11.8 Å². The average Bonchev–Trinajstić information content (AvgIpc) is 2.67. The number of aliphatic hydroxyl groups is 1. The lowest BCUT2D eigenvalue weighted by Gasteiger charge is -2.56. The van der Waals surface area contributed by atoms with Gasteiger partial charge in [-0.15, -0.1) is 0 Å². The van der Waals surface area contributed by atoms with Gasteiger partial charge in [0.25, 0.3) is 0 Å². The molecule has 1 aromatic rings. The molecular formula is C20H28N2O4. The summed E-state index contributed by atoms with van der Waals surface area (Å²) in [7, 11) is 0. The molecule has 3 heterocycles. The van der Waals surface area contributed by atoms with Crippen LogP contribution in [0.25, 0.3) is 0 Å². The van der Waals surface area contributed by atoms with E-state index in [9.17, 15) is 9.90 Å². The first-order chi connectivity index (χ1) is 12.6. The van der Waals surface area contributed by atoms with Gasteiger partial charge >= 0.3 is 6.03 Å². The van der Waals surface area contributed by atoms with Crippen LogP contribution in [0.15, 0.2) is 24.3 Å². The van der Waals surface area contributed by atoms with Crippen molar-refractivity contribution in [3.8, 4) is 0 Å². The smallest absolute Gasteiger partial charge is 0.322 e. The number of aryl methyl sites for hydroxylation is 1. The van der Waals surface area contributed by atoms with Crippen molar-refractivity contribution in [3.63, 3.8) is 0 Å². The van der Waals surface area contributed by atoms with Crippen LogP contribution < -0.4 is 5.32 Å². The number of urea groups is 1. The minimum Gasteiger partial charge on any atom is -0.389 e. The summed E-state index contributed by atoms with van der Waals surface area (Å²) in [5.74, 6) is -0.112. The van der Waals surface area contributed by atoms with Gasteiger partial charge < -0.3 is 24.8 Å². The number of fused-ring (bicyclic) bond motifs is 3. The summed E-state index contributed by atoms with van der Waals surface area (Å²) in [5, 5.41) is 14.4. The van der Waals surface area contributed by atoms with Crippen LogP contribution in [0, 0.1) is 11.8 Å². The van der Waals surface area contributed by atoms with Crippen LogP contribution in [0.1, 0.15) is 25.3 Å². The number of carbonyl (C=O) groups excluding carboxylic acids is 1. The van der Waals surface area contributed by atoms with Crippen molar-refractivity contribution >= 4 is 11.7 Å². The Kier molecular flexibility index (Phi) is 4.90. The number of anilines is 1. The number of rotatable bonds is 2. The van der Waals surface area contributed by atoms with Gasteiger partial charge in [-0.3, -0.25) is 0 Å². The second kappa shape index (κ2) is 7.18. The molecule has 0 aromatic heterocycles. The highest BCUT2D eigenvalue weighted by Crippen LogP contribution is 2.44. The number of nitrogens with one attached hydrogen (secondary N) is 1. The zero-order valence-electron chi connectivity index (χ0n) is 15.3. The Bertz CT molecular complexity index is 667. The average molecular weight is 360 g/mol. The molecule has 2 amide bonds. The Morgan fingerprint density at radius 1 is 1.35 bits per heavy atom. The Labute approximate surface area is 154 Å². The summed E-state index contributed by atoms with van der Waals surface area (Å²) in [5.41, 5.74) is 1.22. The van der Waals surface area contributed by atoms with E-state index in [0.29, 0.717) is 39.4 Å². The largest absolute Gasteiger partial charge is 0.389 e. The van der Waals surface area contributed by atoms with Crippen molar-refractivity contribution < 1.29 is 19.4 Å². The Hall–Kier alpha value is -1.63. The first-order valence-corrected chi connectivity index (χ1v) is 9.66. The van der Waals surface area contributed by atoms with E-state index in [2.05, 4.69) is 18.3 Å². The van der Waals surface area contributed by atoms with E-state index in [1.807, 2.05) is 23.1 Å². The van der Waals surface area contributed by atoms with E-state index < -0.39 is 5.60 Å². The lowest BCUT2D eigenvalue weighted by molar-refractivity contribution is -0.211. The summed E-state index contributed by atoms with van der Waals surface area (Å²) < 4.78 is 11.3. The van der Waals surface area contributed by atoms with Gasteiger partial charge in [0.2, 0.25) is 0 Å². The fraction of sp³-hybridized carbons (Fsp3) is 0.650. The van der Waals surface area contributed by atoms with Gasteiger partial charge in [-0.25, -0.2) is 4.79 Å². The van der Waals surface area contributed by atoms with Gasteiger partial charge in [0, 0.05) is 49.7 Å². The molecule has 6 heteroatoms. The van der Waals surface area contributed by atoms with Crippen LogP contribution in [0.3, 0.4) is 0 Å². The molecule has 0 saturated carbocycles. The van der Waals surface area contributed by atoms with Gasteiger partial charge in [0.1, 0.15) is 0 Å². The summed E-state index contributed by atoms with van der Waals surface area (Å²) in [6.07, 6.45) is 2.32. The van der Waals surface area contributed by atoms with E-state index >= 15 is 0 Å². The van der Waals surface area contributed by atoms with Crippen LogP contribution in [0.2, 0.25) is 0 Å². The highest BCUT2D eigenvalue weighted by Gasteiger charge is 2.56. The number of benzene rings is 1. The van der Waals surface area contributed by atoms with Crippen molar-refractivity contribution in [2.45, 2.75) is 37.8 Å². The Morgan fingerprint density at radius 3 is 3.04 bits per heavy atom. The van der Waals surface area contributed by atoms with Gasteiger partial charge in [-0.05, 0) is 30.5 Å². The van der Waals surface area contributed by atoms with Crippen LogP contribution >= 0.6 is 0 Å². The van der Waals surface area contributed by atoms with E-state index in [4.69, 9.17) is 9.47 Å². The maximum absolute atomic E-state index is 13.1. The molecule has 142 valence electrons. The van der Waals surface area contributed by atoms with E-state index in [0.717, 1.165) is 18.5 Å². The lowest BCUT2D eigenvalue weighted by Crippen LogP contribution is -2.69. The summed E-state index contributed by atoms with van der Waals surface area (Å²) >= 11 is 0. The fourth-order valence-electron chi connectivity index (χ4n) is 4.76. The third-order valence-electron chi connectivity index (χ3n) is 6.30. The van der Waals surface area contributed by atoms with Crippen molar-refractivity contribution in [1.29, 1.82) is 0 Å². The Morgan fingerprint density at radius 2 is 2.19 bits per heavy atom. The minimum absolute atomic E-state index is 0.0115. The molecule has 3 fully saturated rings. The molecule has 6 nitrogen and oxygen atoms in total. The molecule has 0 bridgehead atoms. The zero-order valence-corrected chi connectivity index (χ0v) is 15.3. The number of nitrogens with zero attached hydrogens (tertiary/aromatic N) is 1. The number of hydrogen-bond acceptors (Lipinski definition) is 4. The molecule has 4 atom stereocenters. The maximum Gasteiger partial charge on any atom is 0.322 e. The zero-order chi connectivity index (χ0) is 18.1. The number of likely N-dealkylation sites (tertiary alicyclic amines) is 1. The molecule has 26 heavy (non-hydrogen) atoms. The maximum atomic E-state index is 13.1. The van der Waals surface area contributed by atoms with Crippen LogP contribution in [-0.2, 0) is 15.9 Å². The number of amides is 2. The van der Waals surface area contributed by atoms with Crippen molar-refractivity contribution in [1.82, 2.24) is 4.90 Å². The second-order valence-electron chi connectivity index (χ2n) is 7.69. The number of ether oxygens (including phenoxy) is 2. The molecule has 3 saturated heterocycles. The van der Waals surface area contributed by atoms with Crippen LogP contribution in [0.5, 0.6) is 0 Å². The summed E-state index contributed by atoms with van der Waals surface area (Å²) in [4.78, 5) is 15.0. The van der Waals surface area contributed by atoms with Crippen molar-refractivity contribution in [2.75, 3.05) is 38.3 Å². The second-order valence-corrected chi connectivity index (χ2v) is 7.69. The quantitative estimate of drug-likeness (QED) is 0.849. The third kappa shape index (κ3) is 3.10. The number of hydrogen-bond donors (Lipinski definition) is 2. The monoisotopic (exact) mass is 360 g/mol. The molecule has 0 aliphatic carbocycles. The normalized spacial score (nSPS) is 33.9. The van der Waals surface area contributed by atoms with Crippen molar-refractivity contribution in [3.05, 3.63) is 29.8 Å². The van der Waals surface area contributed by atoms with Gasteiger partial charge in [-0.1, -0.05) is 19.1 Å². The summed E-state index contributed by atoms with van der Waals surface area (Å²) in [6.45, 7) is 4.83. The molecule has 0 spiro atoms. The molecule has 1 aromatic carbocycles. The molecule has 3 aliphatic heterocycles. The molecule has 4 rings (SSSR count). The van der Waals surface area contributed by atoms with Gasteiger partial charge in [0.15, 0.2) is 0 Å².